The fourth-order valence-electron chi connectivity index (χ4n) is 3.70. The Morgan fingerprint density at radius 3 is 2.52 bits per heavy atom. The van der Waals surface area contributed by atoms with Crippen LogP contribution in [0.25, 0.3) is 38.4 Å². The number of hydrogen-bond donors (Lipinski definition) is 1. The van der Waals surface area contributed by atoms with Gasteiger partial charge in [-0.05, 0) is 65.4 Å². The van der Waals surface area contributed by atoms with Crippen LogP contribution in [0, 0.1) is 11.6 Å². The van der Waals surface area contributed by atoms with Gasteiger partial charge in [-0.1, -0.05) is 29.3 Å². The molecule has 0 saturated carbocycles. The quantitative estimate of drug-likeness (QED) is 0.286. The summed E-state index contributed by atoms with van der Waals surface area (Å²) >= 11 is 13.7. The Morgan fingerprint density at radius 1 is 0.970 bits per heavy atom. The van der Waals surface area contributed by atoms with Gasteiger partial charge in [-0.2, -0.15) is 0 Å². The van der Waals surface area contributed by atoms with Crippen molar-refractivity contribution in [1.82, 2.24) is 9.55 Å². The molecule has 3 aromatic carbocycles. The Morgan fingerprint density at radius 2 is 1.76 bits per heavy atom. The molecule has 0 fully saturated rings. The first kappa shape index (κ1) is 21.6. The molecule has 0 bridgehead atoms. The van der Waals surface area contributed by atoms with Crippen LogP contribution < -0.4 is 5.73 Å². The number of carbonyl (C=O) groups is 1. The van der Waals surface area contributed by atoms with Gasteiger partial charge in [0.2, 0.25) is 0 Å². The molecule has 0 atom stereocenters. The van der Waals surface area contributed by atoms with Gasteiger partial charge in [0.25, 0.3) is 5.91 Å². The van der Waals surface area contributed by atoms with Crippen LogP contribution in [0.4, 0.5) is 8.78 Å². The van der Waals surface area contributed by atoms with E-state index in [1.165, 1.54) is 28.8 Å². The first-order chi connectivity index (χ1) is 15.8. The minimum atomic E-state index is -0.829. The number of hydrogen-bond acceptors (Lipinski definition) is 3. The van der Waals surface area contributed by atoms with Gasteiger partial charge in [0, 0.05) is 15.8 Å². The third-order valence-electron chi connectivity index (χ3n) is 5.19. The van der Waals surface area contributed by atoms with E-state index in [4.69, 9.17) is 28.9 Å². The molecular weight excluding hydrogens is 487 g/mol. The fourth-order valence-corrected chi connectivity index (χ4v) is 4.82. The smallest absolute Gasteiger partial charge is 0.269 e. The summed E-state index contributed by atoms with van der Waals surface area (Å²) in [4.78, 5) is 16.9. The van der Waals surface area contributed by atoms with Crippen LogP contribution in [-0.4, -0.2) is 15.5 Å². The summed E-state index contributed by atoms with van der Waals surface area (Å²) in [5.74, 6) is -1.90. The van der Waals surface area contributed by atoms with Gasteiger partial charge in [0.1, 0.15) is 11.6 Å². The number of nitrogens with two attached hydrogens (primary N) is 1. The average molecular weight is 500 g/mol. The van der Waals surface area contributed by atoms with Crippen molar-refractivity contribution in [2.75, 3.05) is 0 Å². The Kier molecular flexibility index (Phi) is 5.40. The second-order valence-electron chi connectivity index (χ2n) is 7.21. The van der Waals surface area contributed by atoms with Gasteiger partial charge in [0.15, 0.2) is 11.5 Å². The van der Waals surface area contributed by atoms with Gasteiger partial charge in [0.05, 0.1) is 21.4 Å². The number of thiophene rings is 1. The molecule has 4 nitrogen and oxygen atoms in total. The van der Waals surface area contributed by atoms with Crippen LogP contribution in [0.15, 0.2) is 66.0 Å². The highest BCUT2D eigenvalue weighted by Gasteiger charge is 2.27. The third-order valence-corrected chi connectivity index (χ3v) is 6.67. The zero-order chi connectivity index (χ0) is 23.3. The average Bonchev–Trinajstić information content (AvgIpc) is 3.42. The van der Waals surface area contributed by atoms with Gasteiger partial charge in [-0.15, -0.1) is 11.3 Å². The zero-order valence-electron chi connectivity index (χ0n) is 16.7. The van der Waals surface area contributed by atoms with Crippen LogP contribution in [-0.2, 0) is 0 Å². The zero-order valence-corrected chi connectivity index (χ0v) is 19.0. The van der Waals surface area contributed by atoms with E-state index in [-0.39, 0.29) is 32.9 Å². The monoisotopic (exact) mass is 499 g/mol. The summed E-state index contributed by atoms with van der Waals surface area (Å²) < 4.78 is 31.7. The molecule has 0 spiro atoms. The van der Waals surface area contributed by atoms with E-state index < -0.39 is 17.5 Å². The van der Waals surface area contributed by atoms with Crippen LogP contribution in [0.5, 0.6) is 0 Å². The molecule has 2 heterocycles. The van der Waals surface area contributed by atoms with E-state index >= 15 is 4.39 Å². The molecular formula is C24H13Cl2F2N3OS. The Bertz CT molecular complexity index is 1560. The molecule has 0 aliphatic rings. The number of imidazole rings is 1. The molecule has 164 valence electrons. The lowest BCUT2D eigenvalue weighted by Crippen LogP contribution is -2.13. The highest BCUT2D eigenvalue weighted by Crippen LogP contribution is 2.37. The van der Waals surface area contributed by atoms with Crippen molar-refractivity contribution < 1.29 is 13.6 Å². The number of carbonyl (C=O) groups excluding carboxylic acids is 1. The van der Waals surface area contributed by atoms with E-state index in [0.29, 0.717) is 11.1 Å². The molecule has 5 aromatic rings. The molecule has 0 unspecified atom stereocenters. The highest BCUT2D eigenvalue weighted by molar-refractivity contribution is 7.17. The molecule has 0 aliphatic carbocycles. The SMILES string of the molecule is NC(=O)c1nc(-c2ccc3sccc3c2)n(-c2cccc(Cl)c2F)c1-c1ccc(F)c(Cl)c1. The summed E-state index contributed by atoms with van der Waals surface area (Å²) in [5, 5.41) is 2.65. The number of nitrogens with zero attached hydrogens (tertiary/aromatic N) is 2. The van der Waals surface area contributed by atoms with Crippen molar-refractivity contribution >= 4 is 50.5 Å². The molecule has 2 N–H and O–H groups in total. The van der Waals surface area contributed by atoms with Crippen LogP contribution in [0.1, 0.15) is 10.5 Å². The number of primary amides is 1. The summed E-state index contributed by atoms with van der Waals surface area (Å²) in [6.45, 7) is 0. The van der Waals surface area contributed by atoms with Gasteiger partial charge in [-0.3, -0.25) is 9.36 Å². The van der Waals surface area contributed by atoms with Crippen molar-refractivity contribution in [1.29, 1.82) is 0 Å². The lowest BCUT2D eigenvalue weighted by atomic mass is 10.1. The summed E-state index contributed by atoms with van der Waals surface area (Å²) in [6.07, 6.45) is 0. The predicted molar refractivity (Wildman–Crippen MR) is 128 cm³/mol. The molecule has 0 saturated heterocycles. The molecule has 1 amide bonds. The summed E-state index contributed by atoms with van der Waals surface area (Å²) in [6, 6.07) is 16.0. The van der Waals surface area contributed by atoms with Crippen LogP contribution in [0.2, 0.25) is 10.0 Å². The van der Waals surface area contributed by atoms with E-state index in [0.717, 1.165) is 16.2 Å². The normalized spacial score (nSPS) is 11.3. The Balaban J connectivity index is 1.90. The molecule has 5 rings (SSSR count). The fraction of sp³-hybridized carbons (Fsp3) is 0. The van der Waals surface area contributed by atoms with Crippen LogP contribution >= 0.6 is 34.5 Å². The molecule has 9 heteroatoms. The first-order valence-electron chi connectivity index (χ1n) is 9.65. The first-order valence-corrected chi connectivity index (χ1v) is 11.3. The molecule has 2 aromatic heterocycles. The van der Waals surface area contributed by atoms with Crippen molar-refractivity contribution in [2.45, 2.75) is 0 Å². The highest BCUT2D eigenvalue weighted by atomic mass is 35.5. The van der Waals surface area contributed by atoms with E-state index in [1.54, 1.807) is 17.4 Å². The summed E-state index contributed by atoms with van der Waals surface area (Å²) in [7, 11) is 0. The van der Waals surface area contributed by atoms with Crippen molar-refractivity contribution in [3.05, 3.63) is 93.4 Å². The van der Waals surface area contributed by atoms with Gasteiger partial charge >= 0.3 is 0 Å². The van der Waals surface area contributed by atoms with E-state index in [9.17, 15) is 9.18 Å². The second-order valence-corrected chi connectivity index (χ2v) is 8.97. The maximum Gasteiger partial charge on any atom is 0.269 e. The lowest BCUT2D eigenvalue weighted by Gasteiger charge is -2.15. The topological polar surface area (TPSA) is 60.9 Å². The summed E-state index contributed by atoms with van der Waals surface area (Å²) in [5.41, 5.74) is 6.74. The minimum Gasteiger partial charge on any atom is -0.364 e. The molecule has 0 radical (unpaired) electrons. The van der Waals surface area contributed by atoms with Gasteiger partial charge in [-0.25, -0.2) is 13.8 Å². The Hall–Kier alpha value is -3.26. The lowest BCUT2D eigenvalue weighted by molar-refractivity contribution is 0.0996. The van der Waals surface area contributed by atoms with Crippen molar-refractivity contribution in [2.24, 2.45) is 5.73 Å². The number of fused-ring (bicyclic) bond motifs is 1. The van der Waals surface area contributed by atoms with Crippen LogP contribution in [0.3, 0.4) is 0 Å². The number of benzene rings is 3. The maximum atomic E-state index is 15.3. The number of rotatable bonds is 4. The minimum absolute atomic E-state index is 0.0540. The third kappa shape index (κ3) is 3.68. The van der Waals surface area contributed by atoms with E-state index in [1.807, 2.05) is 29.6 Å². The number of halogens is 4. The maximum absolute atomic E-state index is 15.3. The van der Waals surface area contributed by atoms with E-state index in [2.05, 4.69) is 4.98 Å². The molecule has 0 aliphatic heterocycles. The molecule has 33 heavy (non-hydrogen) atoms. The standard InChI is InChI=1S/C24H13Cl2F2N3OS/c25-15-2-1-3-18(20(15)28)31-22(13-4-6-17(27)16(26)11-13)21(23(29)32)30-24(31)14-5-7-19-12(10-14)8-9-33-19/h1-11H,(H2,29,32). The van der Waals surface area contributed by atoms with Gasteiger partial charge < -0.3 is 5.73 Å². The Labute approximate surface area is 200 Å². The van der Waals surface area contributed by atoms with Crippen molar-refractivity contribution in [3.8, 4) is 28.3 Å². The predicted octanol–water partition coefficient (Wildman–Crippen LogP) is 7.10. The largest absolute Gasteiger partial charge is 0.364 e. The second kappa shape index (κ2) is 8.26. The number of amides is 1. The van der Waals surface area contributed by atoms with Crippen molar-refractivity contribution in [3.63, 3.8) is 0 Å². The number of aromatic nitrogens is 2.